The van der Waals surface area contributed by atoms with Gasteiger partial charge in [0.05, 0.1) is 5.02 Å². The van der Waals surface area contributed by atoms with Crippen LogP contribution in [0.1, 0.15) is 19.4 Å². The predicted molar refractivity (Wildman–Crippen MR) is 88.2 cm³/mol. The number of nitrogens with zero attached hydrogens (tertiary/aromatic N) is 1. The molecule has 0 amide bonds. The van der Waals surface area contributed by atoms with Gasteiger partial charge in [0.15, 0.2) is 0 Å². The highest BCUT2D eigenvalue weighted by atomic mass is 127. The fourth-order valence-electron chi connectivity index (χ4n) is 1.69. The molecule has 0 atom stereocenters. The average molecular weight is 381 g/mol. The second-order valence-corrected chi connectivity index (χ2v) is 6.65. The van der Waals surface area contributed by atoms with E-state index in [1.54, 1.807) is 0 Å². The third-order valence-electron chi connectivity index (χ3n) is 2.66. The van der Waals surface area contributed by atoms with Crippen LogP contribution in [0.3, 0.4) is 0 Å². The van der Waals surface area contributed by atoms with Crippen molar-refractivity contribution in [3.05, 3.63) is 32.4 Å². The number of hydrogen-bond acceptors (Lipinski definition) is 2. The molecule has 18 heavy (non-hydrogen) atoms. The highest BCUT2D eigenvalue weighted by Gasteiger charge is 2.03. The Balaban J connectivity index is 2.31. The molecule has 1 N–H and O–H groups in total. The second-order valence-electron chi connectivity index (χ2n) is 5.08. The molecule has 2 nitrogen and oxygen atoms in total. The van der Waals surface area contributed by atoms with Gasteiger partial charge in [0.1, 0.15) is 0 Å². The summed E-state index contributed by atoms with van der Waals surface area (Å²) >= 11 is 8.37. The first-order valence-corrected chi connectivity index (χ1v) is 7.78. The van der Waals surface area contributed by atoms with E-state index in [1.807, 2.05) is 0 Å². The van der Waals surface area contributed by atoms with Crippen molar-refractivity contribution in [2.45, 2.75) is 20.4 Å². The van der Waals surface area contributed by atoms with E-state index in [2.05, 4.69) is 71.9 Å². The average Bonchev–Trinajstić information content (AvgIpc) is 2.29. The molecule has 1 aromatic rings. The largest absolute Gasteiger partial charge is 0.315 e. The minimum absolute atomic E-state index is 0.713. The van der Waals surface area contributed by atoms with Crippen LogP contribution in [0.4, 0.5) is 0 Å². The minimum atomic E-state index is 0.713. The van der Waals surface area contributed by atoms with Crippen LogP contribution in [0.25, 0.3) is 0 Å². The van der Waals surface area contributed by atoms with E-state index in [9.17, 15) is 0 Å². The van der Waals surface area contributed by atoms with Gasteiger partial charge in [-0.05, 0) is 59.8 Å². The van der Waals surface area contributed by atoms with E-state index in [0.29, 0.717) is 5.92 Å². The molecule has 0 aliphatic carbocycles. The molecule has 4 heteroatoms. The number of halogens is 2. The highest BCUT2D eigenvalue weighted by molar-refractivity contribution is 14.1. The molecule has 0 saturated carbocycles. The first-order valence-electron chi connectivity index (χ1n) is 6.32. The van der Waals surface area contributed by atoms with Crippen LogP contribution in [0.5, 0.6) is 0 Å². The topological polar surface area (TPSA) is 15.3 Å². The van der Waals surface area contributed by atoms with Crippen LogP contribution in [0.2, 0.25) is 5.02 Å². The zero-order valence-corrected chi connectivity index (χ0v) is 14.3. The summed E-state index contributed by atoms with van der Waals surface area (Å²) in [7, 11) is 2.14. The Hall–Kier alpha value is 0.160. The molecule has 0 aliphatic rings. The van der Waals surface area contributed by atoms with Gasteiger partial charge < -0.3 is 10.2 Å². The monoisotopic (exact) mass is 380 g/mol. The summed E-state index contributed by atoms with van der Waals surface area (Å²) < 4.78 is 1.11. The van der Waals surface area contributed by atoms with Crippen molar-refractivity contribution in [3.8, 4) is 0 Å². The van der Waals surface area contributed by atoms with E-state index >= 15 is 0 Å². The molecule has 0 heterocycles. The first-order chi connectivity index (χ1) is 8.49. The molecule has 0 fully saturated rings. The SMILES string of the molecule is CC(C)CNCCN(C)Cc1ccc(I)c(Cl)c1. The Morgan fingerprint density at radius 2 is 2.11 bits per heavy atom. The van der Waals surface area contributed by atoms with Crippen LogP contribution in [0.15, 0.2) is 18.2 Å². The van der Waals surface area contributed by atoms with Crippen molar-refractivity contribution >= 4 is 34.2 Å². The van der Waals surface area contributed by atoms with Gasteiger partial charge in [-0.1, -0.05) is 31.5 Å². The molecule has 0 spiro atoms. The zero-order valence-electron chi connectivity index (χ0n) is 11.3. The van der Waals surface area contributed by atoms with E-state index in [1.165, 1.54) is 5.56 Å². The van der Waals surface area contributed by atoms with Crippen LogP contribution in [0, 0.1) is 9.49 Å². The summed E-state index contributed by atoms with van der Waals surface area (Å²) in [5, 5.41) is 4.30. The van der Waals surface area contributed by atoms with Crippen molar-refractivity contribution in [1.29, 1.82) is 0 Å². The van der Waals surface area contributed by atoms with Crippen molar-refractivity contribution in [3.63, 3.8) is 0 Å². The van der Waals surface area contributed by atoms with Crippen molar-refractivity contribution in [1.82, 2.24) is 10.2 Å². The number of benzene rings is 1. The summed E-state index contributed by atoms with van der Waals surface area (Å²) in [5.41, 5.74) is 1.27. The maximum atomic E-state index is 6.12. The zero-order chi connectivity index (χ0) is 13.5. The molecule has 1 rings (SSSR count). The summed E-state index contributed by atoms with van der Waals surface area (Å²) in [5.74, 6) is 0.713. The van der Waals surface area contributed by atoms with Gasteiger partial charge in [0.2, 0.25) is 0 Å². The molecule has 0 aromatic heterocycles. The summed E-state index contributed by atoms with van der Waals surface area (Å²) in [6.07, 6.45) is 0. The number of hydrogen-bond donors (Lipinski definition) is 1. The van der Waals surface area contributed by atoms with E-state index in [-0.39, 0.29) is 0 Å². The van der Waals surface area contributed by atoms with Gasteiger partial charge in [-0.3, -0.25) is 0 Å². The molecular weight excluding hydrogens is 359 g/mol. The number of rotatable bonds is 7. The Kier molecular flexibility index (Phi) is 7.53. The molecule has 0 unspecified atom stereocenters. The lowest BCUT2D eigenvalue weighted by Gasteiger charge is -2.18. The lowest BCUT2D eigenvalue weighted by atomic mass is 10.2. The van der Waals surface area contributed by atoms with Gasteiger partial charge in [0, 0.05) is 23.2 Å². The van der Waals surface area contributed by atoms with Gasteiger partial charge in [-0.15, -0.1) is 0 Å². The van der Waals surface area contributed by atoms with Crippen molar-refractivity contribution in [2.24, 2.45) is 5.92 Å². The van der Waals surface area contributed by atoms with Gasteiger partial charge in [-0.25, -0.2) is 0 Å². The maximum Gasteiger partial charge on any atom is 0.0542 e. The lowest BCUT2D eigenvalue weighted by Crippen LogP contribution is -2.30. The van der Waals surface area contributed by atoms with E-state index < -0.39 is 0 Å². The van der Waals surface area contributed by atoms with E-state index in [0.717, 1.165) is 34.8 Å². The highest BCUT2D eigenvalue weighted by Crippen LogP contribution is 2.20. The smallest absolute Gasteiger partial charge is 0.0542 e. The van der Waals surface area contributed by atoms with Crippen LogP contribution < -0.4 is 5.32 Å². The fourth-order valence-corrected chi connectivity index (χ4v) is 2.23. The Morgan fingerprint density at radius 1 is 1.39 bits per heavy atom. The lowest BCUT2D eigenvalue weighted by molar-refractivity contribution is 0.321. The fraction of sp³-hybridized carbons (Fsp3) is 0.571. The summed E-state index contributed by atoms with van der Waals surface area (Å²) in [6.45, 7) is 8.57. The van der Waals surface area contributed by atoms with Crippen molar-refractivity contribution in [2.75, 3.05) is 26.7 Å². The van der Waals surface area contributed by atoms with E-state index in [4.69, 9.17) is 11.6 Å². The van der Waals surface area contributed by atoms with Crippen LogP contribution in [-0.2, 0) is 6.54 Å². The predicted octanol–water partition coefficient (Wildman–Crippen LogP) is 3.62. The molecule has 0 saturated heterocycles. The number of nitrogens with one attached hydrogen (secondary N) is 1. The molecule has 0 radical (unpaired) electrons. The van der Waals surface area contributed by atoms with Crippen LogP contribution >= 0.6 is 34.2 Å². The third-order valence-corrected chi connectivity index (χ3v) is 4.23. The minimum Gasteiger partial charge on any atom is -0.315 e. The van der Waals surface area contributed by atoms with Gasteiger partial charge in [-0.2, -0.15) is 0 Å². The maximum absolute atomic E-state index is 6.12. The normalized spacial score (nSPS) is 11.5. The Labute approximate surface area is 129 Å². The summed E-state index contributed by atoms with van der Waals surface area (Å²) in [6, 6.07) is 6.27. The number of likely N-dealkylation sites (N-methyl/N-ethyl adjacent to an activating group) is 1. The third kappa shape index (κ3) is 6.36. The standard InChI is InChI=1S/C14H22ClIN2/c1-11(2)9-17-6-7-18(3)10-12-4-5-14(16)13(15)8-12/h4-5,8,11,17H,6-7,9-10H2,1-3H3. The Bertz CT molecular complexity index is 369. The molecule has 102 valence electrons. The summed E-state index contributed by atoms with van der Waals surface area (Å²) in [4.78, 5) is 2.31. The first kappa shape index (κ1) is 16.2. The molecule has 0 aliphatic heterocycles. The Morgan fingerprint density at radius 3 is 2.72 bits per heavy atom. The van der Waals surface area contributed by atoms with Gasteiger partial charge in [0.25, 0.3) is 0 Å². The van der Waals surface area contributed by atoms with Crippen LogP contribution in [-0.4, -0.2) is 31.6 Å². The van der Waals surface area contributed by atoms with Gasteiger partial charge >= 0.3 is 0 Å². The van der Waals surface area contributed by atoms with Crippen molar-refractivity contribution < 1.29 is 0 Å². The molecule has 0 bridgehead atoms. The molecule has 1 aromatic carbocycles. The molecular formula is C14H22ClIN2. The quantitative estimate of drug-likeness (QED) is 0.574. The second kappa shape index (κ2) is 8.35.